The molecule has 2 aromatic carbocycles. The topological polar surface area (TPSA) is 30.5 Å². The summed E-state index contributed by atoms with van der Waals surface area (Å²) >= 11 is 0. The van der Waals surface area contributed by atoms with Gasteiger partial charge in [0.05, 0.1) is 13.7 Å². The van der Waals surface area contributed by atoms with Crippen LogP contribution >= 0.6 is 0 Å². The van der Waals surface area contributed by atoms with Crippen molar-refractivity contribution in [2.24, 2.45) is 0 Å². The van der Waals surface area contributed by atoms with E-state index in [1.165, 1.54) is 5.56 Å². The lowest BCUT2D eigenvalue weighted by atomic mass is 10.2. The van der Waals surface area contributed by atoms with E-state index in [1.54, 1.807) is 7.11 Å². The summed E-state index contributed by atoms with van der Waals surface area (Å²) in [5.41, 5.74) is 2.24. The molecule has 0 fully saturated rings. The van der Waals surface area contributed by atoms with Crippen LogP contribution in [0.5, 0.6) is 11.5 Å². The Balaban J connectivity index is 1.91. The molecule has 0 saturated carbocycles. The van der Waals surface area contributed by atoms with Crippen molar-refractivity contribution in [1.29, 1.82) is 0 Å². The first-order valence-electron chi connectivity index (χ1n) is 7.33. The van der Waals surface area contributed by atoms with Gasteiger partial charge in [-0.05, 0) is 49.2 Å². The maximum absolute atomic E-state index is 6.07. The predicted octanol–water partition coefficient (Wildman–Crippen LogP) is 4.27. The molecule has 0 spiro atoms. The van der Waals surface area contributed by atoms with E-state index in [1.807, 2.05) is 42.5 Å². The second kappa shape index (κ2) is 7.58. The normalized spacial score (nSPS) is 11.8. The van der Waals surface area contributed by atoms with E-state index in [0.717, 1.165) is 30.2 Å². The van der Waals surface area contributed by atoms with Crippen LogP contribution in [0, 0.1) is 6.92 Å². The van der Waals surface area contributed by atoms with Gasteiger partial charge >= 0.3 is 0 Å². The molecule has 0 aromatic heterocycles. The third-order valence-electron chi connectivity index (χ3n) is 3.47. The number of hydrogen-bond donors (Lipinski definition) is 1. The smallest absolute Gasteiger partial charge is 0.122 e. The number of rotatable bonds is 7. The zero-order valence-electron chi connectivity index (χ0n) is 12.9. The molecule has 0 amide bonds. The van der Waals surface area contributed by atoms with Gasteiger partial charge in [0.15, 0.2) is 0 Å². The van der Waals surface area contributed by atoms with E-state index in [2.05, 4.69) is 25.2 Å². The minimum atomic E-state index is 0.146. The number of anilines is 1. The Morgan fingerprint density at radius 3 is 2.38 bits per heavy atom. The molecule has 0 saturated heterocycles. The highest BCUT2D eigenvalue weighted by molar-refractivity contribution is 5.46. The number of benzene rings is 2. The Kier molecular flexibility index (Phi) is 5.50. The SMILES string of the molecule is CCC(CNc1ccc(OC)cc1)Oc1ccccc1C. The summed E-state index contributed by atoms with van der Waals surface area (Å²) in [5, 5.41) is 3.41. The molecule has 2 aromatic rings. The van der Waals surface area contributed by atoms with Crippen molar-refractivity contribution >= 4 is 5.69 Å². The molecule has 3 nitrogen and oxygen atoms in total. The van der Waals surface area contributed by atoms with Crippen LogP contribution < -0.4 is 14.8 Å². The molecule has 0 aliphatic carbocycles. The van der Waals surface area contributed by atoms with Crippen molar-refractivity contribution in [3.8, 4) is 11.5 Å². The summed E-state index contributed by atoms with van der Waals surface area (Å²) in [6.45, 7) is 4.98. The first-order chi connectivity index (χ1) is 10.2. The maximum Gasteiger partial charge on any atom is 0.122 e. The fraction of sp³-hybridized carbons (Fsp3) is 0.333. The first-order valence-corrected chi connectivity index (χ1v) is 7.33. The monoisotopic (exact) mass is 285 g/mol. The molecule has 0 aliphatic heterocycles. The van der Waals surface area contributed by atoms with Crippen molar-refractivity contribution < 1.29 is 9.47 Å². The molecule has 1 N–H and O–H groups in total. The highest BCUT2D eigenvalue weighted by atomic mass is 16.5. The second-order valence-electron chi connectivity index (χ2n) is 5.02. The van der Waals surface area contributed by atoms with Crippen molar-refractivity contribution in [3.05, 3.63) is 54.1 Å². The molecule has 0 radical (unpaired) electrons. The highest BCUT2D eigenvalue weighted by Gasteiger charge is 2.09. The fourth-order valence-electron chi connectivity index (χ4n) is 2.08. The standard InChI is InChI=1S/C18H23NO2/c1-4-16(21-18-8-6-5-7-14(18)2)13-19-15-9-11-17(20-3)12-10-15/h5-12,16,19H,4,13H2,1-3H3. The molecule has 1 atom stereocenters. The summed E-state index contributed by atoms with van der Waals surface area (Å²) in [7, 11) is 1.67. The molecule has 1 unspecified atom stereocenters. The number of methoxy groups -OCH3 is 1. The molecular formula is C18H23NO2. The highest BCUT2D eigenvalue weighted by Crippen LogP contribution is 2.20. The lowest BCUT2D eigenvalue weighted by molar-refractivity contribution is 0.208. The molecule has 0 aliphatic rings. The molecule has 0 bridgehead atoms. The minimum absolute atomic E-state index is 0.146. The van der Waals surface area contributed by atoms with Gasteiger partial charge in [-0.15, -0.1) is 0 Å². The van der Waals surface area contributed by atoms with E-state index in [9.17, 15) is 0 Å². The molecule has 0 heterocycles. The van der Waals surface area contributed by atoms with Gasteiger partial charge in [-0.1, -0.05) is 25.1 Å². The quantitative estimate of drug-likeness (QED) is 0.824. The van der Waals surface area contributed by atoms with Crippen LogP contribution in [0.3, 0.4) is 0 Å². The van der Waals surface area contributed by atoms with Gasteiger partial charge in [-0.25, -0.2) is 0 Å². The summed E-state index contributed by atoms with van der Waals surface area (Å²) in [6.07, 6.45) is 1.10. The van der Waals surface area contributed by atoms with Gasteiger partial charge < -0.3 is 14.8 Å². The zero-order chi connectivity index (χ0) is 15.1. The summed E-state index contributed by atoms with van der Waals surface area (Å²) in [5.74, 6) is 1.82. The van der Waals surface area contributed by atoms with Crippen molar-refractivity contribution in [2.75, 3.05) is 19.0 Å². The summed E-state index contributed by atoms with van der Waals surface area (Å²) < 4.78 is 11.2. The second-order valence-corrected chi connectivity index (χ2v) is 5.02. The van der Waals surface area contributed by atoms with Crippen LogP contribution in [0.15, 0.2) is 48.5 Å². The van der Waals surface area contributed by atoms with Gasteiger partial charge in [0, 0.05) is 5.69 Å². The molecule has 112 valence electrons. The fourth-order valence-corrected chi connectivity index (χ4v) is 2.08. The van der Waals surface area contributed by atoms with Crippen LogP contribution in [0.4, 0.5) is 5.69 Å². The van der Waals surface area contributed by atoms with E-state index in [0.29, 0.717) is 0 Å². The van der Waals surface area contributed by atoms with Gasteiger partial charge in [-0.2, -0.15) is 0 Å². The third-order valence-corrected chi connectivity index (χ3v) is 3.47. The average Bonchev–Trinajstić information content (AvgIpc) is 2.53. The Bertz CT molecular complexity index is 551. The van der Waals surface area contributed by atoms with Crippen molar-refractivity contribution in [3.63, 3.8) is 0 Å². The number of para-hydroxylation sites is 1. The predicted molar refractivity (Wildman–Crippen MR) is 87.4 cm³/mol. The molecule has 2 rings (SSSR count). The number of ether oxygens (including phenoxy) is 2. The lowest BCUT2D eigenvalue weighted by Crippen LogP contribution is -2.25. The van der Waals surface area contributed by atoms with Crippen LogP contribution in [0.1, 0.15) is 18.9 Å². The maximum atomic E-state index is 6.07. The zero-order valence-corrected chi connectivity index (χ0v) is 12.9. The van der Waals surface area contributed by atoms with E-state index in [-0.39, 0.29) is 6.10 Å². The Morgan fingerprint density at radius 1 is 1.05 bits per heavy atom. The average molecular weight is 285 g/mol. The van der Waals surface area contributed by atoms with Crippen molar-refractivity contribution in [1.82, 2.24) is 0 Å². The van der Waals surface area contributed by atoms with Crippen LogP contribution in [-0.4, -0.2) is 19.8 Å². The van der Waals surface area contributed by atoms with Crippen LogP contribution in [0.2, 0.25) is 0 Å². The van der Waals surface area contributed by atoms with E-state index < -0.39 is 0 Å². The van der Waals surface area contributed by atoms with Gasteiger partial charge in [-0.3, -0.25) is 0 Å². The molecular weight excluding hydrogens is 262 g/mol. The third kappa shape index (κ3) is 4.42. The van der Waals surface area contributed by atoms with Gasteiger partial charge in [0.2, 0.25) is 0 Å². The van der Waals surface area contributed by atoms with Gasteiger partial charge in [0.25, 0.3) is 0 Å². The Labute approximate surface area is 126 Å². The van der Waals surface area contributed by atoms with E-state index in [4.69, 9.17) is 9.47 Å². The Morgan fingerprint density at radius 2 is 1.76 bits per heavy atom. The largest absolute Gasteiger partial charge is 0.497 e. The molecule has 21 heavy (non-hydrogen) atoms. The minimum Gasteiger partial charge on any atom is -0.497 e. The Hall–Kier alpha value is -2.16. The summed E-state index contributed by atoms with van der Waals surface area (Å²) in [4.78, 5) is 0. The van der Waals surface area contributed by atoms with Crippen molar-refractivity contribution in [2.45, 2.75) is 26.4 Å². The first kappa shape index (κ1) is 15.2. The number of aryl methyl sites for hydroxylation is 1. The summed E-state index contributed by atoms with van der Waals surface area (Å²) in [6, 6.07) is 16.0. The molecule has 3 heteroatoms. The van der Waals surface area contributed by atoms with Crippen LogP contribution in [-0.2, 0) is 0 Å². The number of nitrogens with one attached hydrogen (secondary N) is 1. The lowest BCUT2D eigenvalue weighted by Gasteiger charge is -2.20. The van der Waals surface area contributed by atoms with Gasteiger partial charge in [0.1, 0.15) is 17.6 Å². The number of hydrogen-bond acceptors (Lipinski definition) is 3. The van der Waals surface area contributed by atoms with Crippen LogP contribution in [0.25, 0.3) is 0 Å². The van der Waals surface area contributed by atoms with E-state index >= 15 is 0 Å².